The zero-order valence-corrected chi connectivity index (χ0v) is 12.6. The van der Waals surface area contributed by atoms with E-state index in [0.29, 0.717) is 27.1 Å². The second-order valence-corrected chi connectivity index (χ2v) is 5.21. The topological polar surface area (TPSA) is 38.1 Å². The SMILES string of the molecule is C=CC(=O)c1cn(-c2ccc(Cl)cc2Cl)nc1N(C)C. The Bertz CT molecular complexity index is 677. The maximum atomic E-state index is 11.9. The molecule has 2 rings (SSSR count). The molecule has 0 fully saturated rings. The molecule has 4 nitrogen and oxygen atoms in total. The first-order valence-corrected chi connectivity index (χ1v) is 6.59. The van der Waals surface area contributed by atoms with Gasteiger partial charge in [0.05, 0.1) is 16.3 Å². The predicted molar refractivity (Wildman–Crippen MR) is 82.4 cm³/mol. The summed E-state index contributed by atoms with van der Waals surface area (Å²) in [6.07, 6.45) is 2.90. The summed E-state index contributed by atoms with van der Waals surface area (Å²) in [5.74, 6) is 0.367. The van der Waals surface area contributed by atoms with Gasteiger partial charge in [0.2, 0.25) is 0 Å². The lowest BCUT2D eigenvalue weighted by molar-refractivity contribution is 0.104. The third-order valence-electron chi connectivity index (χ3n) is 2.73. The molecule has 104 valence electrons. The lowest BCUT2D eigenvalue weighted by Crippen LogP contribution is -2.13. The van der Waals surface area contributed by atoms with E-state index >= 15 is 0 Å². The summed E-state index contributed by atoms with van der Waals surface area (Å²) < 4.78 is 1.56. The number of rotatable bonds is 4. The maximum Gasteiger partial charge on any atom is 0.190 e. The quantitative estimate of drug-likeness (QED) is 0.639. The van der Waals surface area contributed by atoms with Crippen LogP contribution in [-0.2, 0) is 0 Å². The Labute approximate surface area is 127 Å². The van der Waals surface area contributed by atoms with Crippen LogP contribution in [0.5, 0.6) is 0 Å². The highest BCUT2D eigenvalue weighted by Gasteiger charge is 2.17. The lowest BCUT2D eigenvalue weighted by Gasteiger charge is -2.09. The zero-order valence-electron chi connectivity index (χ0n) is 11.1. The van der Waals surface area contributed by atoms with E-state index in [1.165, 1.54) is 6.08 Å². The third-order valence-corrected chi connectivity index (χ3v) is 3.26. The Morgan fingerprint density at radius 3 is 2.65 bits per heavy atom. The molecule has 0 saturated carbocycles. The molecule has 1 aromatic carbocycles. The van der Waals surface area contributed by atoms with Gasteiger partial charge in [0, 0.05) is 25.3 Å². The normalized spacial score (nSPS) is 10.4. The van der Waals surface area contributed by atoms with Crippen molar-refractivity contribution < 1.29 is 4.79 Å². The van der Waals surface area contributed by atoms with Crippen molar-refractivity contribution in [1.82, 2.24) is 9.78 Å². The number of carbonyl (C=O) groups is 1. The van der Waals surface area contributed by atoms with Crippen LogP contribution in [0.4, 0.5) is 5.82 Å². The average molecular weight is 310 g/mol. The number of carbonyl (C=O) groups excluding carboxylic acids is 1. The Kier molecular flexibility index (Phi) is 4.16. The van der Waals surface area contributed by atoms with Crippen LogP contribution in [0.3, 0.4) is 0 Å². The van der Waals surface area contributed by atoms with Crippen LogP contribution >= 0.6 is 23.2 Å². The summed E-state index contributed by atoms with van der Waals surface area (Å²) in [5.41, 5.74) is 1.12. The van der Waals surface area contributed by atoms with E-state index in [2.05, 4.69) is 11.7 Å². The van der Waals surface area contributed by atoms with E-state index in [1.54, 1.807) is 34.0 Å². The van der Waals surface area contributed by atoms with E-state index in [1.807, 2.05) is 14.1 Å². The minimum atomic E-state index is -0.190. The summed E-state index contributed by atoms with van der Waals surface area (Å²) in [5, 5.41) is 5.39. The van der Waals surface area contributed by atoms with Crippen LogP contribution in [-0.4, -0.2) is 29.7 Å². The van der Waals surface area contributed by atoms with Crippen molar-refractivity contribution in [2.24, 2.45) is 0 Å². The fourth-order valence-electron chi connectivity index (χ4n) is 1.77. The van der Waals surface area contributed by atoms with Gasteiger partial charge in [-0.25, -0.2) is 4.68 Å². The van der Waals surface area contributed by atoms with Crippen molar-refractivity contribution in [1.29, 1.82) is 0 Å². The maximum absolute atomic E-state index is 11.9. The van der Waals surface area contributed by atoms with Crippen molar-refractivity contribution >= 4 is 34.8 Å². The standard InChI is InChI=1S/C14H13Cl2N3O/c1-4-13(20)10-8-19(17-14(10)18(2)3)12-6-5-9(15)7-11(12)16/h4-8H,1H2,2-3H3. The number of anilines is 1. The van der Waals surface area contributed by atoms with Crippen molar-refractivity contribution in [2.45, 2.75) is 0 Å². The highest BCUT2D eigenvalue weighted by Crippen LogP contribution is 2.26. The molecule has 0 saturated heterocycles. The highest BCUT2D eigenvalue weighted by atomic mass is 35.5. The van der Waals surface area contributed by atoms with E-state index in [-0.39, 0.29) is 5.78 Å². The van der Waals surface area contributed by atoms with E-state index in [9.17, 15) is 4.79 Å². The summed E-state index contributed by atoms with van der Waals surface area (Å²) in [6, 6.07) is 5.10. The molecule has 0 radical (unpaired) electrons. The Balaban J connectivity index is 2.58. The first-order chi connectivity index (χ1) is 9.43. The number of allylic oxidation sites excluding steroid dienone is 1. The average Bonchev–Trinajstić information content (AvgIpc) is 2.82. The Hall–Kier alpha value is -1.78. The van der Waals surface area contributed by atoms with Crippen LogP contribution in [0.1, 0.15) is 10.4 Å². The van der Waals surface area contributed by atoms with Gasteiger partial charge >= 0.3 is 0 Å². The van der Waals surface area contributed by atoms with Gasteiger partial charge in [0.15, 0.2) is 11.6 Å². The van der Waals surface area contributed by atoms with E-state index in [4.69, 9.17) is 23.2 Å². The van der Waals surface area contributed by atoms with Gasteiger partial charge in [-0.15, -0.1) is 5.10 Å². The molecule has 0 aliphatic heterocycles. The first-order valence-electron chi connectivity index (χ1n) is 5.83. The molecule has 0 unspecified atom stereocenters. The van der Waals surface area contributed by atoms with Crippen LogP contribution in [0, 0.1) is 0 Å². The summed E-state index contributed by atoms with van der Waals surface area (Å²) in [4.78, 5) is 13.6. The van der Waals surface area contributed by atoms with E-state index < -0.39 is 0 Å². The summed E-state index contributed by atoms with van der Waals surface area (Å²) >= 11 is 12.0. The van der Waals surface area contributed by atoms with Crippen LogP contribution < -0.4 is 4.90 Å². The first kappa shape index (κ1) is 14.6. The number of aromatic nitrogens is 2. The smallest absolute Gasteiger partial charge is 0.190 e. The van der Waals surface area contributed by atoms with Crippen molar-refractivity contribution in [2.75, 3.05) is 19.0 Å². The van der Waals surface area contributed by atoms with Gasteiger partial charge in [0.1, 0.15) is 0 Å². The lowest BCUT2D eigenvalue weighted by atomic mass is 10.2. The zero-order chi connectivity index (χ0) is 14.9. The Morgan fingerprint density at radius 1 is 1.40 bits per heavy atom. The molecule has 0 amide bonds. The molecule has 1 heterocycles. The van der Waals surface area contributed by atoms with Gasteiger partial charge in [0.25, 0.3) is 0 Å². The second-order valence-electron chi connectivity index (χ2n) is 4.37. The van der Waals surface area contributed by atoms with Gasteiger partial charge in [-0.05, 0) is 24.3 Å². The minimum Gasteiger partial charge on any atom is -0.361 e. The molecule has 1 aromatic heterocycles. The van der Waals surface area contributed by atoms with Gasteiger partial charge in [-0.3, -0.25) is 4.79 Å². The summed E-state index contributed by atoms with van der Waals surface area (Å²) in [7, 11) is 3.63. The number of hydrogen-bond acceptors (Lipinski definition) is 3. The minimum absolute atomic E-state index is 0.190. The molecular weight excluding hydrogens is 297 g/mol. The predicted octanol–water partition coefficient (Wildman–Crippen LogP) is 3.61. The molecular formula is C14H13Cl2N3O. The summed E-state index contributed by atoms with van der Waals surface area (Å²) in [6.45, 7) is 3.50. The monoisotopic (exact) mass is 309 g/mol. The van der Waals surface area contributed by atoms with Crippen LogP contribution in [0.2, 0.25) is 10.0 Å². The van der Waals surface area contributed by atoms with Crippen molar-refractivity contribution in [3.63, 3.8) is 0 Å². The van der Waals surface area contributed by atoms with Crippen molar-refractivity contribution in [3.05, 3.63) is 52.7 Å². The second kappa shape index (κ2) is 5.69. The molecule has 0 N–H and O–H groups in total. The molecule has 6 heteroatoms. The molecule has 0 bridgehead atoms. The fraction of sp³-hybridized carbons (Fsp3) is 0.143. The number of hydrogen-bond donors (Lipinski definition) is 0. The number of ketones is 1. The molecule has 0 atom stereocenters. The molecule has 2 aromatic rings. The van der Waals surface area contributed by atoms with Crippen molar-refractivity contribution in [3.8, 4) is 5.69 Å². The van der Waals surface area contributed by atoms with Gasteiger partial charge in [-0.2, -0.15) is 0 Å². The van der Waals surface area contributed by atoms with Crippen LogP contribution in [0.25, 0.3) is 5.69 Å². The molecule has 0 spiro atoms. The number of nitrogens with zero attached hydrogens (tertiary/aromatic N) is 3. The number of halogens is 2. The molecule has 20 heavy (non-hydrogen) atoms. The van der Waals surface area contributed by atoms with E-state index in [0.717, 1.165) is 0 Å². The molecule has 0 aliphatic rings. The van der Waals surface area contributed by atoms with Crippen LogP contribution in [0.15, 0.2) is 37.1 Å². The highest BCUT2D eigenvalue weighted by molar-refractivity contribution is 6.35. The fourth-order valence-corrected chi connectivity index (χ4v) is 2.26. The van der Waals surface area contributed by atoms with Gasteiger partial charge < -0.3 is 4.90 Å². The number of benzene rings is 1. The third kappa shape index (κ3) is 2.71. The molecule has 0 aliphatic carbocycles. The largest absolute Gasteiger partial charge is 0.361 e. The van der Waals surface area contributed by atoms with Gasteiger partial charge in [-0.1, -0.05) is 29.8 Å². The Morgan fingerprint density at radius 2 is 2.10 bits per heavy atom.